The molecule has 6 heteroatoms. The highest BCUT2D eigenvalue weighted by Crippen LogP contribution is 2.23. The minimum atomic E-state index is -0.411. The predicted molar refractivity (Wildman–Crippen MR) is 84.7 cm³/mol. The van der Waals surface area contributed by atoms with Crippen LogP contribution < -0.4 is 5.32 Å². The SMILES string of the molecule is COC(=O)C[C@H](NC(=O)[C@@H]1CCCO1)c1ccc(SC)cc1. The number of thioether (sulfide) groups is 1. The van der Waals surface area contributed by atoms with Gasteiger partial charge in [0.1, 0.15) is 6.10 Å². The number of rotatable bonds is 6. The number of nitrogens with one attached hydrogen (secondary N) is 1. The first kappa shape index (κ1) is 16.8. The van der Waals surface area contributed by atoms with E-state index in [1.807, 2.05) is 30.5 Å². The second-order valence-electron chi connectivity index (χ2n) is 5.12. The minimum Gasteiger partial charge on any atom is -0.469 e. The van der Waals surface area contributed by atoms with Crippen molar-refractivity contribution in [3.8, 4) is 0 Å². The van der Waals surface area contributed by atoms with Crippen LogP contribution in [0.3, 0.4) is 0 Å². The Balaban J connectivity index is 2.10. The van der Waals surface area contributed by atoms with Crippen LogP contribution in [0.1, 0.15) is 30.9 Å². The highest BCUT2D eigenvalue weighted by atomic mass is 32.2. The summed E-state index contributed by atoms with van der Waals surface area (Å²) in [7, 11) is 1.35. The molecule has 120 valence electrons. The molecule has 1 aromatic rings. The summed E-state index contributed by atoms with van der Waals surface area (Å²) in [5.41, 5.74) is 0.884. The standard InChI is InChI=1S/C16H21NO4S/c1-20-15(18)10-13(11-5-7-12(22-2)8-6-11)17-16(19)14-4-3-9-21-14/h5-8,13-14H,3-4,9-10H2,1-2H3,(H,17,19)/t13-,14-/m0/s1. The van der Waals surface area contributed by atoms with Crippen LogP contribution in [0.2, 0.25) is 0 Å². The normalized spacial score (nSPS) is 18.7. The second-order valence-corrected chi connectivity index (χ2v) is 6.00. The van der Waals surface area contributed by atoms with Gasteiger partial charge in [0, 0.05) is 11.5 Å². The van der Waals surface area contributed by atoms with E-state index in [2.05, 4.69) is 5.32 Å². The summed E-state index contributed by atoms with van der Waals surface area (Å²) in [5.74, 6) is -0.521. The van der Waals surface area contributed by atoms with Crippen molar-refractivity contribution in [1.82, 2.24) is 5.32 Å². The molecule has 1 fully saturated rings. The van der Waals surface area contributed by atoms with Gasteiger partial charge in [-0.15, -0.1) is 11.8 Å². The first-order chi connectivity index (χ1) is 10.6. The van der Waals surface area contributed by atoms with Crippen LogP contribution >= 0.6 is 11.8 Å². The molecule has 0 aliphatic carbocycles. The Morgan fingerprint density at radius 3 is 2.68 bits per heavy atom. The van der Waals surface area contributed by atoms with E-state index in [0.29, 0.717) is 6.61 Å². The highest BCUT2D eigenvalue weighted by Gasteiger charge is 2.27. The van der Waals surface area contributed by atoms with Crippen LogP contribution in [0.5, 0.6) is 0 Å². The molecular weight excluding hydrogens is 302 g/mol. The van der Waals surface area contributed by atoms with Crippen molar-refractivity contribution >= 4 is 23.6 Å². The maximum Gasteiger partial charge on any atom is 0.307 e. The van der Waals surface area contributed by atoms with Crippen molar-refractivity contribution in [3.05, 3.63) is 29.8 Å². The van der Waals surface area contributed by atoms with Gasteiger partial charge in [-0.05, 0) is 36.8 Å². The number of esters is 1. The number of hydrogen-bond donors (Lipinski definition) is 1. The van der Waals surface area contributed by atoms with E-state index < -0.39 is 12.1 Å². The molecule has 1 saturated heterocycles. The molecule has 1 amide bonds. The van der Waals surface area contributed by atoms with E-state index in [0.717, 1.165) is 23.3 Å². The molecule has 2 atom stereocenters. The summed E-state index contributed by atoms with van der Waals surface area (Å²) < 4.78 is 10.1. The fraction of sp³-hybridized carbons (Fsp3) is 0.500. The fourth-order valence-corrected chi connectivity index (χ4v) is 2.80. The molecule has 1 aliphatic rings. The Kier molecular flexibility index (Phi) is 6.27. The Labute approximate surface area is 134 Å². The molecule has 2 rings (SSSR count). The van der Waals surface area contributed by atoms with Crippen LogP contribution in [0.15, 0.2) is 29.2 Å². The average Bonchev–Trinajstić information content (AvgIpc) is 3.08. The van der Waals surface area contributed by atoms with Crippen LogP contribution in [0.25, 0.3) is 0 Å². The van der Waals surface area contributed by atoms with Crippen LogP contribution in [0.4, 0.5) is 0 Å². The van der Waals surface area contributed by atoms with Gasteiger partial charge >= 0.3 is 5.97 Å². The molecule has 0 aromatic heterocycles. The summed E-state index contributed by atoms with van der Waals surface area (Å²) in [6.45, 7) is 0.613. The third kappa shape index (κ3) is 4.48. The molecule has 1 aromatic carbocycles. The van der Waals surface area contributed by atoms with Gasteiger partial charge in [0.05, 0.1) is 19.6 Å². The minimum absolute atomic E-state index is 0.105. The molecule has 5 nitrogen and oxygen atoms in total. The number of carbonyl (C=O) groups excluding carboxylic acids is 2. The summed E-state index contributed by atoms with van der Waals surface area (Å²) >= 11 is 1.64. The van der Waals surface area contributed by atoms with Crippen molar-refractivity contribution < 1.29 is 19.1 Å². The van der Waals surface area contributed by atoms with Gasteiger partial charge in [0.25, 0.3) is 0 Å². The monoisotopic (exact) mass is 323 g/mol. The van der Waals surface area contributed by atoms with Crippen molar-refractivity contribution in [2.24, 2.45) is 0 Å². The van der Waals surface area contributed by atoms with E-state index in [1.165, 1.54) is 7.11 Å². The lowest BCUT2D eigenvalue weighted by Crippen LogP contribution is -2.37. The number of amides is 1. The van der Waals surface area contributed by atoms with Crippen molar-refractivity contribution in [1.29, 1.82) is 0 Å². The van der Waals surface area contributed by atoms with Gasteiger partial charge in [-0.1, -0.05) is 12.1 Å². The Hall–Kier alpha value is -1.53. The number of benzene rings is 1. The van der Waals surface area contributed by atoms with Crippen molar-refractivity contribution in [2.75, 3.05) is 20.0 Å². The molecule has 0 spiro atoms. The van der Waals surface area contributed by atoms with Crippen LogP contribution in [-0.4, -0.2) is 38.0 Å². The summed E-state index contributed by atoms with van der Waals surface area (Å²) in [6.07, 6.45) is 3.31. The zero-order chi connectivity index (χ0) is 15.9. The van der Waals surface area contributed by atoms with Gasteiger partial charge in [-0.3, -0.25) is 9.59 Å². The van der Waals surface area contributed by atoms with Crippen LogP contribution in [-0.2, 0) is 19.1 Å². The van der Waals surface area contributed by atoms with Gasteiger partial charge < -0.3 is 14.8 Å². The highest BCUT2D eigenvalue weighted by molar-refractivity contribution is 7.98. The molecule has 0 radical (unpaired) electrons. The topological polar surface area (TPSA) is 64.6 Å². The van der Waals surface area contributed by atoms with Crippen molar-refractivity contribution in [3.63, 3.8) is 0 Å². The van der Waals surface area contributed by atoms with E-state index in [-0.39, 0.29) is 18.3 Å². The van der Waals surface area contributed by atoms with Gasteiger partial charge in [0.2, 0.25) is 5.91 Å². The Morgan fingerprint density at radius 1 is 1.41 bits per heavy atom. The summed E-state index contributed by atoms with van der Waals surface area (Å²) in [4.78, 5) is 25.0. The molecule has 22 heavy (non-hydrogen) atoms. The predicted octanol–water partition coefficient (Wildman–Crippen LogP) is 2.31. The first-order valence-electron chi connectivity index (χ1n) is 7.26. The summed E-state index contributed by atoms with van der Waals surface area (Å²) in [6, 6.07) is 7.40. The first-order valence-corrected chi connectivity index (χ1v) is 8.49. The van der Waals surface area contributed by atoms with Gasteiger partial charge in [-0.2, -0.15) is 0 Å². The molecule has 1 heterocycles. The zero-order valence-electron chi connectivity index (χ0n) is 12.8. The smallest absolute Gasteiger partial charge is 0.307 e. The number of hydrogen-bond acceptors (Lipinski definition) is 5. The maximum atomic E-state index is 12.2. The fourth-order valence-electron chi connectivity index (χ4n) is 2.39. The third-order valence-corrected chi connectivity index (χ3v) is 4.40. The number of carbonyl (C=O) groups is 2. The third-order valence-electron chi connectivity index (χ3n) is 3.66. The molecule has 0 unspecified atom stereocenters. The Bertz CT molecular complexity index is 511. The second kappa shape index (κ2) is 8.19. The van der Waals surface area contributed by atoms with E-state index in [9.17, 15) is 9.59 Å². The van der Waals surface area contributed by atoms with E-state index in [1.54, 1.807) is 11.8 Å². The molecule has 0 bridgehead atoms. The molecule has 1 aliphatic heterocycles. The lowest BCUT2D eigenvalue weighted by molar-refractivity contribution is -0.141. The quantitative estimate of drug-likeness (QED) is 0.643. The molecular formula is C16H21NO4S. The van der Waals surface area contributed by atoms with Crippen molar-refractivity contribution in [2.45, 2.75) is 36.3 Å². The largest absolute Gasteiger partial charge is 0.469 e. The Morgan fingerprint density at radius 2 is 2.14 bits per heavy atom. The van der Waals surface area contributed by atoms with Gasteiger partial charge in [-0.25, -0.2) is 0 Å². The van der Waals surface area contributed by atoms with E-state index >= 15 is 0 Å². The van der Waals surface area contributed by atoms with Crippen LogP contribution in [0, 0.1) is 0 Å². The maximum absolute atomic E-state index is 12.2. The lowest BCUT2D eigenvalue weighted by Gasteiger charge is -2.20. The van der Waals surface area contributed by atoms with E-state index in [4.69, 9.17) is 9.47 Å². The lowest BCUT2D eigenvalue weighted by atomic mass is 10.0. The summed E-state index contributed by atoms with van der Waals surface area (Å²) in [5, 5.41) is 2.91. The molecule has 1 N–H and O–H groups in total. The number of methoxy groups -OCH3 is 1. The molecule has 0 saturated carbocycles. The zero-order valence-corrected chi connectivity index (χ0v) is 13.7. The number of ether oxygens (including phenoxy) is 2. The van der Waals surface area contributed by atoms with Gasteiger partial charge in [0.15, 0.2) is 0 Å². The average molecular weight is 323 g/mol.